The number of carboxylic acids is 1. The third-order valence-corrected chi connectivity index (χ3v) is 5.20. The lowest BCUT2D eigenvalue weighted by atomic mass is 9.94. The molecule has 2 atom stereocenters. The molecule has 2 rings (SSSR count). The van der Waals surface area contributed by atoms with E-state index in [1.807, 2.05) is 12.1 Å². The summed E-state index contributed by atoms with van der Waals surface area (Å²) >= 11 is 7.33. The molecule has 6 heteroatoms. The molecule has 0 spiro atoms. The van der Waals surface area contributed by atoms with Gasteiger partial charge in [-0.1, -0.05) is 30.9 Å². The highest BCUT2D eigenvalue weighted by molar-refractivity contribution is 7.16. The Morgan fingerprint density at radius 3 is 2.71 bits per heavy atom. The number of carbonyl (C=O) groups excluding carboxylic acids is 1. The highest BCUT2D eigenvalue weighted by Crippen LogP contribution is 2.25. The molecule has 1 heterocycles. The summed E-state index contributed by atoms with van der Waals surface area (Å²) in [6, 6.07) is 3.52. The van der Waals surface area contributed by atoms with Crippen LogP contribution in [0.5, 0.6) is 0 Å². The molecule has 1 saturated carbocycles. The predicted molar refractivity (Wildman–Crippen MR) is 83.8 cm³/mol. The number of hydrogen-bond acceptors (Lipinski definition) is 3. The number of nitrogens with one attached hydrogen (secondary N) is 1. The summed E-state index contributed by atoms with van der Waals surface area (Å²) in [5.41, 5.74) is 0. The molecular weight excluding hydrogens is 310 g/mol. The lowest BCUT2D eigenvalue weighted by molar-refractivity contribution is -0.143. The first kappa shape index (κ1) is 16.3. The summed E-state index contributed by atoms with van der Waals surface area (Å²) < 4.78 is 0.722. The molecule has 0 aliphatic heterocycles. The maximum absolute atomic E-state index is 12.0. The number of aryl methyl sites for hydroxylation is 1. The average Bonchev–Trinajstić information content (AvgIpc) is 2.70. The first-order valence-corrected chi connectivity index (χ1v) is 8.52. The van der Waals surface area contributed by atoms with Crippen molar-refractivity contribution >= 4 is 34.8 Å². The van der Waals surface area contributed by atoms with Crippen molar-refractivity contribution in [2.24, 2.45) is 5.92 Å². The minimum absolute atomic E-state index is 0.0716. The number of thiophene rings is 1. The number of halogens is 1. The summed E-state index contributed by atoms with van der Waals surface area (Å²) in [5, 5.41) is 12.2. The summed E-state index contributed by atoms with van der Waals surface area (Å²) in [6.45, 7) is 0. The second-order valence-electron chi connectivity index (χ2n) is 5.46. The first-order chi connectivity index (χ1) is 10.1. The Morgan fingerprint density at radius 2 is 2.05 bits per heavy atom. The van der Waals surface area contributed by atoms with E-state index in [1.54, 1.807) is 0 Å². The maximum atomic E-state index is 12.0. The highest BCUT2D eigenvalue weighted by atomic mass is 35.5. The molecule has 1 aliphatic rings. The SMILES string of the molecule is O=C(CCc1ccc(Cl)s1)N[C@H]1CCCCC[C@H]1C(=O)O. The van der Waals surface area contributed by atoms with E-state index in [4.69, 9.17) is 11.6 Å². The van der Waals surface area contributed by atoms with Gasteiger partial charge in [-0.05, 0) is 31.4 Å². The van der Waals surface area contributed by atoms with Gasteiger partial charge in [0.1, 0.15) is 0 Å². The first-order valence-electron chi connectivity index (χ1n) is 7.32. The minimum Gasteiger partial charge on any atom is -0.481 e. The minimum atomic E-state index is -0.799. The van der Waals surface area contributed by atoms with Crippen molar-refractivity contribution in [3.8, 4) is 0 Å². The van der Waals surface area contributed by atoms with E-state index < -0.39 is 11.9 Å². The fraction of sp³-hybridized carbons (Fsp3) is 0.600. The molecule has 21 heavy (non-hydrogen) atoms. The molecule has 0 aromatic carbocycles. The second kappa shape index (κ2) is 7.80. The summed E-state index contributed by atoms with van der Waals surface area (Å²) in [7, 11) is 0. The standard InChI is InChI=1S/C15H20ClNO3S/c16-13-8-6-10(21-13)7-9-14(18)17-12-5-3-1-2-4-11(12)15(19)20/h6,8,11-12H,1-5,7,9H2,(H,17,18)(H,19,20)/t11-,12+/m1/s1. The van der Waals surface area contributed by atoms with Crippen LogP contribution in [0.4, 0.5) is 0 Å². The number of aliphatic carboxylic acids is 1. The smallest absolute Gasteiger partial charge is 0.308 e. The van der Waals surface area contributed by atoms with Gasteiger partial charge in [0.15, 0.2) is 0 Å². The molecule has 0 saturated heterocycles. The third kappa shape index (κ3) is 5.00. The Hall–Kier alpha value is -1.07. The van der Waals surface area contributed by atoms with Crippen molar-refractivity contribution in [2.45, 2.75) is 51.0 Å². The van der Waals surface area contributed by atoms with Gasteiger partial charge in [-0.2, -0.15) is 0 Å². The fourth-order valence-electron chi connectivity index (χ4n) is 2.78. The lowest BCUT2D eigenvalue weighted by Gasteiger charge is -2.22. The molecule has 0 radical (unpaired) electrons. The van der Waals surface area contributed by atoms with Crippen molar-refractivity contribution in [3.05, 3.63) is 21.3 Å². The van der Waals surface area contributed by atoms with E-state index in [0.29, 0.717) is 19.3 Å². The average molecular weight is 330 g/mol. The van der Waals surface area contributed by atoms with Crippen molar-refractivity contribution < 1.29 is 14.7 Å². The van der Waals surface area contributed by atoms with Crippen LogP contribution in [0.15, 0.2) is 12.1 Å². The van der Waals surface area contributed by atoms with Crippen LogP contribution in [-0.4, -0.2) is 23.0 Å². The molecule has 1 aliphatic carbocycles. The van der Waals surface area contributed by atoms with Crippen LogP contribution in [0.1, 0.15) is 43.4 Å². The molecule has 1 aromatic rings. The van der Waals surface area contributed by atoms with Gasteiger partial charge in [0.05, 0.1) is 10.3 Å². The topological polar surface area (TPSA) is 66.4 Å². The molecule has 1 aromatic heterocycles. The van der Waals surface area contributed by atoms with Crippen LogP contribution >= 0.6 is 22.9 Å². The predicted octanol–water partition coefficient (Wildman–Crippen LogP) is 3.48. The summed E-state index contributed by atoms with van der Waals surface area (Å²) in [4.78, 5) is 24.4. The quantitative estimate of drug-likeness (QED) is 0.813. The van der Waals surface area contributed by atoms with E-state index >= 15 is 0 Å². The van der Waals surface area contributed by atoms with E-state index in [9.17, 15) is 14.7 Å². The molecule has 2 N–H and O–H groups in total. The Morgan fingerprint density at radius 1 is 1.29 bits per heavy atom. The number of hydrogen-bond donors (Lipinski definition) is 2. The van der Waals surface area contributed by atoms with Gasteiger partial charge < -0.3 is 10.4 Å². The van der Waals surface area contributed by atoms with E-state index in [-0.39, 0.29) is 11.9 Å². The molecule has 1 fully saturated rings. The van der Waals surface area contributed by atoms with Crippen LogP contribution in [-0.2, 0) is 16.0 Å². The van der Waals surface area contributed by atoms with Crippen LogP contribution < -0.4 is 5.32 Å². The zero-order valence-electron chi connectivity index (χ0n) is 11.8. The van der Waals surface area contributed by atoms with Crippen LogP contribution in [0.2, 0.25) is 4.34 Å². The molecule has 116 valence electrons. The normalized spacial score (nSPS) is 22.5. The number of carboxylic acid groups (broad SMARTS) is 1. The molecule has 4 nitrogen and oxygen atoms in total. The van der Waals surface area contributed by atoms with Crippen LogP contribution in [0.25, 0.3) is 0 Å². The fourth-order valence-corrected chi connectivity index (χ4v) is 3.86. The van der Waals surface area contributed by atoms with Gasteiger partial charge in [0.25, 0.3) is 0 Å². The number of carbonyl (C=O) groups is 2. The van der Waals surface area contributed by atoms with Crippen LogP contribution in [0.3, 0.4) is 0 Å². The molecule has 1 amide bonds. The largest absolute Gasteiger partial charge is 0.481 e. The van der Waals surface area contributed by atoms with Crippen LogP contribution in [0, 0.1) is 5.92 Å². The lowest BCUT2D eigenvalue weighted by Crippen LogP contribution is -2.42. The van der Waals surface area contributed by atoms with E-state index in [2.05, 4.69) is 5.32 Å². The van der Waals surface area contributed by atoms with Gasteiger partial charge in [-0.3, -0.25) is 9.59 Å². The number of amides is 1. The Labute approximate surface area is 133 Å². The van der Waals surface area contributed by atoms with Crippen molar-refractivity contribution in [2.75, 3.05) is 0 Å². The van der Waals surface area contributed by atoms with Crippen molar-refractivity contribution in [3.63, 3.8) is 0 Å². The summed E-state index contributed by atoms with van der Waals surface area (Å²) in [6.07, 6.45) is 5.39. The van der Waals surface area contributed by atoms with Gasteiger partial charge in [-0.25, -0.2) is 0 Å². The van der Waals surface area contributed by atoms with Gasteiger partial charge in [0.2, 0.25) is 5.91 Å². The highest BCUT2D eigenvalue weighted by Gasteiger charge is 2.30. The zero-order chi connectivity index (χ0) is 15.2. The van der Waals surface area contributed by atoms with Gasteiger partial charge in [-0.15, -0.1) is 11.3 Å². The number of rotatable bonds is 5. The third-order valence-electron chi connectivity index (χ3n) is 3.91. The van der Waals surface area contributed by atoms with E-state index in [1.165, 1.54) is 11.3 Å². The second-order valence-corrected chi connectivity index (χ2v) is 7.26. The Bertz CT molecular complexity index is 503. The Balaban J connectivity index is 1.85. The molecular formula is C15H20ClNO3S. The maximum Gasteiger partial charge on any atom is 0.308 e. The monoisotopic (exact) mass is 329 g/mol. The molecule has 0 bridgehead atoms. The van der Waals surface area contributed by atoms with E-state index in [0.717, 1.165) is 34.9 Å². The Kier molecular flexibility index (Phi) is 6.06. The van der Waals surface area contributed by atoms with Gasteiger partial charge >= 0.3 is 5.97 Å². The molecule has 0 unspecified atom stereocenters. The summed E-state index contributed by atoms with van der Waals surface area (Å²) in [5.74, 6) is -1.32. The van der Waals surface area contributed by atoms with Crippen molar-refractivity contribution in [1.82, 2.24) is 5.32 Å². The van der Waals surface area contributed by atoms with Crippen molar-refractivity contribution in [1.29, 1.82) is 0 Å². The van der Waals surface area contributed by atoms with Gasteiger partial charge in [0, 0.05) is 17.3 Å². The zero-order valence-corrected chi connectivity index (χ0v) is 13.4.